The number of aromatic nitrogens is 3. The number of carbonyl (C=O) groups excluding carboxylic acids is 2. The van der Waals surface area contributed by atoms with Crippen molar-refractivity contribution in [1.29, 1.82) is 5.26 Å². The summed E-state index contributed by atoms with van der Waals surface area (Å²) < 4.78 is 8.10. The lowest BCUT2D eigenvalue weighted by Crippen LogP contribution is -2.43. The zero-order chi connectivity index (χ0) is 28.6. The predicted molar refractivity (Wildman–Crippen MR) is 155 cm³/mol. The summed E-state index contributed by atoms with van der Waals surface area (Å²) in [5, 5.41) is 20.6. The molecule has 0 fully saturated rings. The molecule has 0 saturated carbocycles. The predicted octanol–water partition coefficient (Wildman–Crippen LogP) is 4.21. The molecule has 41 heavy (non-hydrogen) atoms. The number of hydrogen-bond acceptors (Lipinski definition) is 8. The highest BCUT2D eigenvalue weighted by molar-refractivity contribution is 5.69. The lowest BCUT2D eigenvalue weighted by molar-refractivity contribution is -0.119. The lowest BCUT2D eigenvalue weighted by atomic mass is 9.97. The van der Waals surface area contributed by atoms with E-state index in [4.69, 9.17) is 10.00 Å². The van der Waals surface area contributed by atoms with Crippen LogP contribution >= 0.6 is 0 Å². The van der Waals surface area contributed by atoms with E-state index < -0.39 is 5.92 Å². The van der Waals surface area contributed by atoms with Gasteiger partial charge in [0.25, 0.3) is 0 Å². The standard InChI is InChI=1S/C32H32N6O3/c1-22(20-39)28(21-40)19-38-18-27(16-37-38)26-13-29-32(36-15-26)41-30(17-35-29)31(25-5-3-2-4-6-25)34-12-11-23-7-9-24(14-33)10-8-23/h2-10,13,15-16,18,20-22,28,30-31,34-35H,11-12,17,19H2,1H3/t22?,28?,30-,31+/m0/s1. The summed E-state index contributed by atoms with van der Waals surface area (Å²) in [6.45, 7) is 3.40. The second-order valence-electron chi connectivity index (χ2n) is 10.3. The molecule has 4 aromatic rings. The van der Waals surface area contributed by atoms with Crippen molar-refractivity contribution in [3.63, 3.8) is 0 Å². The first-order valence-electron chi connectivity index (χ1n) is 13.7. The molecule has 2 unspecified atom stereocenters. The average molecular weight is 549 g/mol. The van der Waals surface area contributed by atoms with Gasteiger partial charge in [-0.1, -0.05) is 49.4 Å². The number of nitrogens with one attached hydrogen (secondary N) is 2. The number of pyridine rings is 1. The van der Waals surface area contributed by atoms with Crippen LogP contribution in [0, 0.1) is 23.2 Å². The molecule has 9 heteroatoms. The molecule has 2 aromatic heterocycles. The van der Waals surface area contributed by atoms with E-state index >= 15 is 0 Å². The molecule has 208 valence electrons. The minimum atomic E-state index is -0.427. The Hall–Kier alpha value is -4.81. The molecule has 0 radical (unpaired) electrons. The minimum absolute atomic E-state index is 0.0607. The molecule has 0 amide bonds. The van der Waals surface area contributed by atoms with E-state index in [9.17, 15) is 9.59 Å². The van der Waals surface area contributed by atoms with Crippen molar-refractivity contribution < 1.29 is 14.3 Å². The van der Waals surface area contributed by atoms with Gasteiger partial charge in [0.1, 0.15) is 18.7 Å². The summed E-state index contributed by atoms with van der Waals surface area (Å²) >= 11 is 0. The first-order chi connectivity index (χ1) is 20.1. The van der Waals surface area contributed by atoms with E-state index in [2.05, 4.69) is 38.9 Å². The van der Waals surface area contributed by atoms with Crippen molar-refractivity contribution in [1.82, 2.24) is 20.1 Å². The molecule has 1 aliphatic heterocycles. The molecule has 0 spiro atoms. The zero-order valence-corrected chi connectivity index (χ0v) is 22.8. The maximum atomic E-state index is 11.4. The van der Waals surface area contributed by atoms with E-state index in [1.807, 2.05) is 54.7 Å². The second-order valence-corrected chi connectivity index (χ2v) is 10.3. The van der Waals surface area contributed by atoms with Gasteiger partial charge in [0.15, 0.2) is 0 Å². The van der Waals surface area contributed by atoms with Crippen molar-refractivity contribution >= 4 is 18.3 Å². The number of anilines is 1. The molecule has 0 saturated heterocycles. The van der Waals surface area contributed by atoms with E-state index in [1.54, 1.807) is 24.0 Å². The van der Waals surface area contributed by atoms with Crippen molar-refractivity contribution in [2.45, 2.75) is 32.0 Å². The van der Waals surface area contributed by atoms with Gasteiger partial charge in [-0.05, 0) is 42.3 Å². The zero-order valence-electron chi connectivity index (χ0n) is 22.8. The monoisotopic (exact) mass is 548 g/mol. The highest BCUT2D eigenvalue weighted by Crippen LogP contribution is 2.34. The largest absolute Gasteiger partial charge is 0.469 e. The van der Waals surface area contributed by atoms with E-state index in [-0.39, 0.29) is 18.1 Å². The van der Waals surface area contributed by atoms with Gasteiger partial charge >= 0.3 is 0 Å². The van der Waals surface area contributed by atoms with Crippen LogP contribution in [0.25, 0.3) is 11.1 Å². The van der Waals surface area contributed by atoms with Crippen LogP contribution in [-0.4, -0.2) is 46.5 Å². The van der Waals surface area contributed by atoms with Crippen LogP contribution in [0.3, 0.4) is 0 Å². The van der Waals surface area contributed by atoms with Gasteiger partial charge in [-0.15, -0.1) is 0 Å². The Morgan fingerprint density at radius 1 is 1.12 bits per heavy atom. The third-order valence-electron chi connectivity index (χ3n) is 7.43. The average Bonchev–Trinajstić information content (AvgIpc) is 3.50. The number of carbonyl (C=O) groups is 2. The molecule has 0 aliphatic carbocycles. The Labute approximate surface area is 239 Å². The number of benzene rings is 2. The quantitative estimate of drug-likeness (QED) is 0.253. The van der Waals surface area contributed by atoms with Crippen molar-refractivity contribution in [3.05, 3.63) is 95.9 Å². The highest BCUT2D eigenvalue weighted by atomic mass is 16.5. The maximum absolute atomic E-state index is 11.4. The molecule has 2 aromatic carbocycles. The van der Waals surface area contributed by atoms with E-state index in [0.717, 1.165) is 53.5 Å². The van der Waals surface area contributed by atoms with Crippen molar-refractivity contribution in [3.8, 4) is 23.1 Å². The first-order valence-corrected chi connectivity index (χ1v) is 13.7. The van der Waals surface area contributed by atoms with Crippen LogP contribution in [0.2, 0.25) is 0 Å². The maximum Gasteiger partial charge on any atom is 0.237 e. The Balaban J connectivity index is 1.27. The number of hydrogen-bond donors (Lipinski definition) is 2. The molecule has 4 atom stereocenters. The van der Waals surface area contributed by atoms with Gasteiger partial charge in [0.2, 0.25) is 5.88 Å². The van der Waals surface area contributed by atoms with Crippen molar-refractivity contribution in [2.75, 3.05) is 18.4 Å². The molecular weight excluding hydrogens is 516 g/mol. The molecule has 5 rings (SSSR count). The van der Waals surface area contributed by atoms with E-state index in [1.165, 1.54) is 0 Å². The van der Waals surface area contributed by atoms with Crippen LogP contribution in [-0.2, 0) is 22.6 Å². The Kier molecular flexibility index (Phi) is 8.82. The number of nitriles is 1. The molecule has 1 aliphatic rings. The minimum Gasteiger partial charge on any atom is -0.469 e. The summed E-state index contributed by atoms with van der Waals surface area (Å²) in [6, 6.07) is 22.0. The summed E-state index contributed by atoms with van der Waals surface area (Å²) in [4.78, 5) is 27.1. The normalized spacial score (nSPS) is 16.2. The molecule has 0 bridgehead atoms. The highest BCUT2D eigenvalue weighted by Gasteiger charge is 2.29. The molecule has 2 N–H and O–H groups in total. The number of ether oxygens (including phenoxy) is 1. The van der Waals surface area contributed by atoms with Gasteiger partial charge < -0.3 is 25.0 Å². The lowest BCUT2D eigenvalue weighted by Gasteiger charge is -2.33. The topological polar surface area (TPSA) is 122 Å². The third kappa shape index (κ3) is 6.68. The molecule has 9 nitrogen and oxygen atoms in total. The Morgan fingerprint density at radius 3 is 2.66 bits per heavy atom. The van der Waals surface area contributed by atoms with Crippen LogP contribution in [0.5, 0.6) is 5.88 Å². The number of nitrogens with zero attached hydrogens (tertiary/aromatic N) is 4. The van der Waals surface area contributed by atoms with Gasteiger partial charge in [0.05, 0.1) is 42.6 Å². The van der Waals surface area contributed by atoms with Crippen LogP contribution < -0.4 is 15.4 Å². The summed E-state index contributed by atoms with van der Waals surface area (Å²) in [5.41, 5.74) is 5.48. The molecule has 3 heterocycles. The van der Waals surface area contributed by atoms with Gasteiger partial charge in [-0.25, -0.2) is 4.98 Å². The summed E-state index contributed by atoms with van der Waals surface area (Å²) in [6.07, 6.45) is 7.58. The van der Waals surface area contributed by atoms with E-state index in [0.29, 0.717) is 24.5 Å². The smallest absolute Gasteiger partial charge is 0.237 e. The van der Waals surface area contributed by atoms with Gasteiger partial charge in [0, 0.05) is 35.4 Å². The summed E-state index contributed by atoms with van der Waals surface area (Å²) in [5.74, 6) is -0.262. The Bertz CT molecular complexity index is 1510. The van der Waals surface area contributed by atoms with Gasteiger partial charge in [-0.3, -0.25) is 4.68 Å². The fraction of sp³-hybridized carbons (Fsp3) is 0.281. The fourth-order valence-electron chi connectivity index (χ4n) is 4.92. The fourth-order valence-corrected chi connectivity index (χ4v) is 4.92. The van der Waals surface area contributed by atoms with Crippen molar-refractivity contribution in [2.24, 2.45) is 11.8 Å². The second kappa shape index (κ2) is 13.0. The number of fused-ring (bicyclic) bond motifs is 1. The number of aldehydes is 2. The Morgan fingerprint density at radius 2 is 1.93 bits per heavy atom. The summed E-state index contributed by atoms with van der Waals surface area (Å²) in [7, 11) is 0. The molecular formula is C32H32N6O3. The SMILES string of the molecule is CC(C=O)C(C=O)Cn1cc(-c2cnc3c(c2)NC[C@@H]([C@H](NCCc2ccc(C#N)cc2)c2ccccc2)O3)cn1. The first kappa shape index (κ1) is 27.7. The van der Waals surface area contributed by atoms with Gasteiger partial charge in [-0.2, -0.15) is 10.4 Å². The van der Waals surface area contributed by atoms with Crippen LogP contribution in [0.4, 0.5) is 5.69 Å². The third-order valence-corrected chi connectivity index (χ3v) is 7.43. The van der Waals surface area contributed by atoms with Crippen LogP contribution in [0.15, 0.2) is 79.3 Å². The number of rotatable bonds is 12. The van der Waals surface area contributed by atoms with Crippen LogP contribution in [0.1, 0.15) is 29.7 Å².